The summed E-state index contributed by atoms with van der Waals surface area (Å²) < 4.78 is 0. The number of likely N-dealkylation sites (N-methyl/N-ethyl adjacent to an activating group) is 1. The second-order valence-electron chi connectivity index (χ2n) is 5.54. The molecule has 2 fully saturated rings. The lowest BCUT2D eigenvalue weighted by molar-refractivity contribution is 0.254. The van der Waals surface area contributed by atoms with Crippen LogP contribution < -0.4 is 10.6 Å². The van der Waals surface area contributed by atoms with E-state index in [2.05, 4.69) is 21.8 Å². The minimum Gasteiger partial charge on any atom is -0.389 e. The van der Waals surface area contributed by atoms with Crippen LogP contribution in [0.2, 0.25) is 0 Å². The summed E-state index contributed by atoms with van der Waals surface area (Å²) in [7, 11) is 2.25. The molecule has 0 amide bonds. The molecule has 2 bridgehead atoms. The van der Waals surface area contributed by atoms with Gasteiger partial charge in [0.05, 0.1) is 11.9 Å². The minimum absolute atomic E-state index is 0.458. The summed E-state index contributed by atoms with van der Waals surface area (Å²) in [5, 5.41) is 0. The first kappa shape index (κ1) is 12.8. The average Bonchev–Trinajstić information content (AvgIpc) is 2.63. The zero-order chi connectivity index (χ0) is 13.4. The Morgan fingerprint density at radius 1 is 1.37 bits per heavy atom. The second kappa shape index (κ2) is 5.06. The Morgan fingerprint density at radius 3 is 2.95 bits per heavy atom. The smallest absolute Gasteiger partial charge is 0.106 e. The molecular weight excluding hydrogens is 256 g/mol. The van der Waals surface area contributed by atoms with Crippen molar-refractivity contribution in [1.29, 1.82) is 0 Å². The van der Waals surface area contributed by atoms with Crippen molar-refractivity contribution in [2.45, 2.75) is 31.3 Å². The molecule has 2 atom stereocenters. The molecule has 0 aromatic carbocycles. The molecule has 1 aromatic heterocycles. The summed E-state index contributed by atoms with van der Waals surface area (Å²) in [4.78, 5) is 9.65. The second-order valence-corrected chi connectivity index (χ2v) is 5.98. The minimum atomic E-state index is 0.458. The molecule has 0 radical (unpaired) electrons. The Kier molecular flexibility index (Phi) is 3.41. The number of anilines is 1. The zero-order valence-electron chi connectivity index (χ0n) is 11.2. The number of fused-ring (bicyclic) bond motifs is 2. The Bertz CT molecular complexity index is 490. The van der Waals surface area contributed by atoms with Crippen LogP contribution in [0.4, 0.5) is 5.69 Å². The van der Waals surface area contributed by atoms with Gasteiger partial charge in [-0.25, -0.2) is 0 Å². The SMILES string of the molecule is CN1C2CCC1CN(c1cnccc1C(N)=S)CC2. The number of hydrogen-bond donors (Lipinski definition) is 1. The van der Waals surface area contributed by atoms with E-state index in [1.807, 2.05) is 12.3 Å². The number of nitrogens with zero attached hydrogens (tertiary/aromatic N) is 3. The molecular formula is C14H20N4S. The van der Waals surface area contributed by atoms with Gasteiger partial charge in [-0.3, -0.25) is 9.88 Å². The van der Waals surface area contributed by atoms with Crippen molar-refractivity contribution in [2.24, 2.45) is 5.73 Å². The van der Waals surface area contributed by atoms with E-state index in [-0.39, 0.29) is 0 Å². The molecule has 3 rings (SSSR count). The number of hydrogen-bond acceptors (Lipinski definition) is 4. The van der Waals surface area contributed by atoms with E-state index < -0.39 is 0 Å². The van der Waals surface area contributed by atoms with E-state index in [1.54, 1.807) is 6.20 Å². The lowest BCUT2D eigenvalue weighted by Crippen LogP contribution is -2.37. The molecule has 5 heteroatoms. The van der Waals surface area contributed by atoms with E-state index in [0.717, 1.165) is 30.4 Å². The van der Waals surface area contributed by atoms with Gasteiger partial charge < -0.3 is 10.6 Å². The molecule has 2 N–H and O–H groups in total. The van der Waals surface area contributed by atoms with Crippen LogP contribution in [0, 0.1) is 0 Å². The fourth-order valence-corrected chi connectivity index (χ4v) is 3.55. The molecule has 0 saturated carbocycles. The molecule has 0 aliphatic carbocycles. The van der Waals surface area contributed by atoms with E-state index in [4.69, 9.17) is 18.0 Å². The number of thiocarbonyl (C=S) groups is 1. The standard InChI is InChI=1S/C14H20N4S/c1-17-10-2-3-11(17)9-18(7-5-10)13-8-16-6-4-12(13)14(15)19/h4,6,8,10-11H,2-3,5,7,9H2,1H3,(H2,15,19). The van der Waals surface area contributed by atoms with Crippen molar-refractivity contribution in [3.8, 4) is 0 Å². The van der Waals surface area contributed by atoms with E-state index in [1.165, 1.54) is 19.3 Å². The Hall–Kier alpha value is -1.20. The first-order chi connectivity index (χ1) is 9.16. The van der Waals surface area contributed by atoms with Crippen molar-refractivity contribution in [3.63, 3.8) is 0 Å². The van der Waals surface area contributed by atoms with Crippen LogP contribution in [0.25, 0.3) is 0 Å². The Morgan fingerprint density at radius 2 is 2.16 bits per heavy atom. The van der Waals surface area contributed by atoms with E-state index in [9.17, 15) is 0 Å². The van der Waals surface area contributed by atoms with Crippen LogP contribution in [0.1, 0.15) is 24.8 Å². The van der Waals surface area contributed by atoms with Gasteiger partial charge in [0.25, 0.3) is 0 Å². The van der Waals surface area contributed by atoms with Crippen LogP contribution in [-0.2, 0) is 0 Å². The summed E-state index contributed by atoms with van der Waals surface area (Å²) in [6.45, 7) is 2.11. The molecule has 3 heterocycles. The van der Waals surface area contributed by atoms with Crippen molar-refractivity contribution < 1.29 is 0 Å². The highest BCUT2D eigenvalue weighted by Crippen LogP contribution is 2.31. The van der Waals surface area contributed by atoms with Gasteiger partial charge in [-0.05, 0) is 32.4 Å². The molecule has 1 aromatic rings. The number of nitrogens with two attached hydrogens (primary N) is 1. The molecule has 4 nitrogen and oxygen atoms in total. The van der Waals surface area contributed by atoms with Crippen LogP contribution in [-0.4, -0.2) is 47.1 Å². The first-order valence-electron chi connectivity index (χ1n) is 6.87. The molecule has 2 unspecified atom stereocenters. The maximum Gasteiger partial charge on any atom is 0.106 e. The Labute approximate surface area is 119 Å². The van der Waals surface area contributed by atoms with Gasteiger partial charge in [0.1, 0.15) is 4.99 Å². The predicted molar refractivity (Wildman–Crippen MR) is 81.5 cm³/mol. The van der Waals surface area contributed by atoms with Gasteiger partial charge >= 0.3 is 0 Å². The molecule has 19 heavy (non-hydrogen) atoms. The van der Waals surface area contributed by atoms with Gasteiger partial charge in [-0.15, -0.1) is 0 Å². The largest absolute Gasteiger partial charge is 0.389 e. The normalized spacial score (nSPS) is 27.3. The molecule has 102 valence electrons. The maximum absolute atomic E-state index is 5.83. The molecule has 2 aliphatic rings. The quantitative estimate of drug-likeness (QED) is 0.827. The number of aromatic nitrogens is 1. The third kappa shape index (κ3) is 2.32. The van der Waals surface area contributed by atoms with E-state index in [0.29, 0.717) is 11.0 Å². The first-order valence-corrected chi connectivity index (χ1v) is 7.28. The summed E-state index contributed by atoms with van der Waals surface area (Å²) in [6.07, 6.45) is 7.49. The van der Waals surface area contributed by atoms with Gasteiger partial charge in [0, 0.05) is 36.9 Å². The maximum atomic E-state index is 5.83. The Balaban J connectivity index is 1.89. The summed E-state index contributed by atoms with van der Waals surface area (Å²) >= 11 is 5.16. The fourth-order valence-electron chi connectivity index (χ4n) is 3.37. The lowest BCUT2D eigenvalue weighted by Gasteiger charge is -2.28. The predicted octanol–water partition coefficient (Wildman–Crippen LogP) is 1.39. The van der Waals surface area contributed by atoms with Crippen LogP contribution in [0.3, 0.4) is 0 Å². The van der Waals surface area contributed by atoms with Gasteiger partial charge in [0.15, 0.2) is 0 Å². The average molecular weight is 276 g/mol. The van der Waals surface area contributed by atoms with Gasteiger partial charge in [0.2, 0.25) is 0 Å². The van der Waals surface area contributed by atoms with Crippen molar-refractivity contribution in [3.05, 3.63) is 24.0 Å². The third-order valence-corrected chi connectivity index (χ3v) is 4.77. The third-order valence-electron chi connectivity index (χ3n) is 4.55. The van der Waals surface area contributed by atoms with Crippen molar-refractivity contribution in [2.75, 3.05) is 25.0 Å². The lowest BCUT2D eigenvalue weighted by atomic mass is 10.1. The number of pyridine rings is 1. The summed E-state index contributed by atoms with van der Waals surface area (Å²) in [5.74, 6) is 0. The van der Waals surface area contributed by atoms with Gasteiger partial charge in [-0.2, -0.15) is 0 Å². The topological polar surface area (TPSA) is 45.4 Å². The highest BCUT2D eigenvalue weighted by Gasteiger charge is 2.35. The van der Waals surface area contributed by atoms with Crippen LogP contribution in [0.15, 0.2) is 18.5 Å². The molecule has 2 saturated heterocycles. The monoisotopic (exact) mass is 276 g/mol. The molecule has 0 spiro atoms. The van der Waals surface area contributed by atoms with Crippen LogP contribution in [0.5, 0.6) is 0 Å². The highest BCUT2D eigenvalue weighted by atomic mass is 32.1. The van der Waals surface area contributed by atoms with E-state index >= 15 is 0 Å². The summed E-state index contributed by atoms with van der Waals surface area (Å²) in [5.41, 5.74) is 7.87. The van der Waals surface area contributed by atoms with Crippen LogP contribution >= 0.6 is 12.2 Å². The van der Waals surface area contributed by atoms with Gasteiger partial charge in [-0.1, -0.05) is 12.2 Å². The summed E-state index contributed by atoms with van der Waals surface area (Å²) in [6, 6.07) is 3.30. The highest BCUT2D eigenvalue weighted by molar-refractivity contribution is 7.80. The van der Waals surface area contributed by atoms with Crippen molar-refractivity contribution >= 4 is 22.9 Å². The molecule has 2 aliphatic heterocycles. The zero-order valence-corrected chi connectivity index (χ0v) is 12.1. The van der Waals surface area contributed by atoms with Crippen molar-refractivity contribution in [1.82, 2.24) is 9.88 Å². The fraction of sp³-hybridized carbons (Fsp3) is 0.571. The number of rotatable bonds is 2.